The second kappa shape index (κ2) is 3.93. The van der Waals surface area contributed by atoms with E-state index < -0.39 is 11.8 Å². The van der Waals surface area contributed by atoms with Crippen LogP contribution in [0.15, 0.2) is 48.5 Å². The molecular formula is C16H12N2O2. The fourth-order valence-electron chi connectivity index (χ4n) is 3.13. The van der Waals surface area contributed by atoms with Gasteiger partial charge in [0.25, 0.3) is 0 Å². The molecule has 0 radical (unpaired) electrons. The summed E-state index contributed by atoms with van der Waals surface area (Å²) in [5.41, 5.74) is 3.22. The number of carbonyl (C=O) groups excluding carboxylic acids is 2. The first kappa shape index (κ1) is 11.2. The van der Waals surface area contributed by atoms with Crippen molar-refractivity contribution in [1.29, 1.82) is 0 Å². The normalized spacial score (nSPS) is 23.0. The molecule has 2 aliphatic heterocycles. The molecule has 2 unspecified atom stereocenters. The Kier molecular flexibility index (Phi) is 2.21. The Balaban J connectivity index is 1.95. The van der Waals surface area contributed by atoms with E-state index in [2.05, 4.69) is 10.6 Å². The number of carbonyl (C=O) groups is 2. The average molecular weight is 264 g/mol. The molecule has 4 heteroatoms. The molecule has 20 heavy (non-hydrogen) atoms. The fourth-order valence-corrected chi connectivity index (χ4v) is 3.13. The lowest BCUT2D eigenvalue weighted by atomic mass is 9.74. The van der Waals surface area contributed by atoms with Crippen molar-refractivity contribution in [1.82, 2.24) is 0 Å². The van der Waals surface area contributed by atoms with Crippen LogP contribution in [0.3, 0.4) is 0 Å². The predicted octanol–water partition coefficient (Wildman–Crippen LogP) is 2.46. The van der Waals surface area contributed by atoms with Crippen molar-refractivity contribution in [2.75, 3.05) is 10.6 Å². The summed E-state index contributed by atoms with van der Waals surface area (Å²) in [5.74, 6) is -1.13. The number of hydrogen-bond acceptors (Lipinski definition) is 2. The van der Waals surface area contributed by atoms with Gasteiger partial charge in [-0.1, -0.05) is 36.4 Å². The van der Waals surface area contributed by atoms with E-state index in [-0.39, 0.29) is 11.8 Å². The number of anilines is 2. The van der Waals surface area contributed by atoms with Crippen LogP contribution in [0.2, 0.25) is 0 Å². The number of rotatable bonds is 0. The molecule has 2 amide bonds. The molecule has 2 aromatic rings. The maximum Gasteiger partial charge on any atom is 0.233 e. The number of hydrogen-bond donors (Lipinski definition) is 2. The quantitative estimate of drug-likeness (QED) is 0.768. The van der Waals surface area contributed by atoms with Gasteiger partial charge in [0.1, 0.15) is 0 Å². The van der Waals surface area contributed by atoms with Gasteiger partial charge in [0, 0.05) is 11.4 Å². The average Bonchev–Trinajstić information content (AvgIpc) is 2.47. The van der Waals surface area contributed by atoms with Gasteiger partial charge in [0.05, 0.1) is 11.8 Å². The molecule has 0 fully saturated rings. The Morgan fingerprint density at radius 2 is 1.05 bits per heavy atom. The van der Waals surface area contributed by atoms with Gasteiger partial charge in [0.2, 0.25) is 11.8 Å². The highest BCUT2D eigenvalue weighted by atomic mass is 16.2. The van der Waals surface area contributed by atoms with Crippen molar-refractivity contribution in [2.24, 2.45) is 0 Å². The van der Waals surface area contributed by atoms with Crippen LogP contribution < -0.4 is 10.6 Å². The lowest BCUT2D eigenvalue weighted by Crippen LogP contribution is -2.41. The Morgan fingerprint density at radius 3 is 1.50 bits per heavy atom. The van der Waals surface area contributed by atoms with Crippen LogP contribution in [0.4, 0.5) is 11.4 Å². The first-order valence-corrected chi connectivity index (χ1v) is 6.55. The molecule has 2 atom stereocenters. The van der Waals surface area contributed by atoms with E-state index >= 15 is 0 Å². The largest absolute Gasteiger partial charge is 0.325 e. The molecule has 0 spiro atoms. The van der Waals surface area contributed by atoms with Gasteiger partial charge in [-0.15, -0.1) is 0 Å². The first-order chi connectivity index (χ1) is 9.75. The zero-order valence-corrected chi connectivity index (χ0v) is 10.6. The highest BCUT2D eigenvalue weighted by Gasteiger charge is 2.44. The second-order valence-electron chi connectivity index (χ2n) is 5.11. The van der Waals surface area contributed by atoms with Crippen molar-refractivity contribution < 1.29 is 9.59 Å². The van der Waals surface area contributed by atoms with Crippen LogP contribution in [0, 0.1) is 0 Å². The van der Waals surface area contributed by atoms with Gasteiger partial charge in [0.15, 0.2) is 0 Å². The van der Waals surface area contributed by atoms with Crippen LogP contribution in [-0.2, 0) is 9.59 Å². The van der Waals surface area contributed by atoms with Crippen LogP contribution in [-0.4, -0.2) is 11.8 Å². The van der Waals surface area contributed by atoms with E-state index in [1.807, 2.05) is 48.5 Å². The summed E-state index contributed by atoms with van der Waals surface area (Å²) in [4.78, 5) is 24.8. The smallest absolute Gasteiger partial charge is 0.233 e. The monoisotopic (exact) mass is 264 g/mol. The summed E-state index contributed by atoms with van der Waals surface area (Å²) in [6, 6.07) is 15.0. The minimum atomic E-state index is -0.449. The molecule has 0 aliphatic carbocycles. The minimum absolute atomic E-state index is 0.115. The third kappa shape index (κ3) is 1.42. The van der Waals surface area contributed by atoms with Crippen LogP contribution in [0.1, 0.15) is 23.0 Å². The molecule has 0 bridgehead atoms. The highest BCUT2D eigenvalue weighted by Crippen LogP contribution is 2.46. The molecule has 4 nitrogen and oxygen atoms in total. The zero-order valence-electron chi connectivity index (χ0n) is 10.6. The Bertz CT molecular complexity index is 675. The summed E-state index contributed by atoms with van der Waals surface area (Å²) >= 11 is 0. The van der Waals surface area contributed by atoms with Gasteiger partial charge >= 0.3 is 0 Å². The van der Waals surface area contributed by atoms with E-state index in [1.54, 1.807) is 0 Å². The number of para-hydroxylation sites is 2. The maximum absolute atomic E-state index is 12.4. The lowest BCUT2D eigenvalue weighted by molar-refractivity contribution is -0.125. The van der Waals surface area contributed by atoms with Crippen LogP contribution >= 0.6 is 0 Å². The SMILES string of the molecule is O=C1Nc2ccccc2C2C(=O)Nc3ccccc3C12. The number of nitrogens with one attached hydrogen (secondary N) is 2. The molecule has 2 aliphatic rings. The van der Waals surface area contributed by atoms with E-state index in [0.717, 1.165) is 22.5 Å². The van der Waals surface area contributed by atoms with Crippen molar-refractivity contribution in [3.8, 4) is 0 Å². The zero-order chi connectivity index (χ0) is 13.7. The highest BCUT2D eigenvalue weighted by molar-refractivity contribution is 6.12. The Labute approximate surface area is 115 Å². The fraction of sp³-hybridized carbons (Fsp3) is 0.125. The van der Waals surface area contributed by atoms with Crippen molar-refractivity contribution >= 4 is 23.2 Å². The molecule has 0 aromatic heterocycles. The summed E-state index contributed by atoms with van der Waals surface area (Å²) in [5, 5.41) is 5.80. The van der Waals surface area contributed by atoms with Crippen molar-refractivity contribution in [3.63, 3.8) is 0 Å². The van der Waals surface area contributed by atoms with E-state index in [0.29, 0.717) is 0 Å². The Hall–Kier alpha value is -2.62. The van der Waals surface area contributed by atoms with Crippen molar-refractivity contribution in [3.05, 3.63) is 59.7 Å². The van der Waals surface area contributed by atoms with Gasteiger partial charge in [-0.25, -0.2) is 0 Å². The molecule has 2 aromatic carbocycles. The van der Waals surface area contributed by atoms with Crippen molar-refractivity contribution in [2.45, 2.75) is 11.8 Å². The topological polar surface area (TPSA) is 58.2 Å². The predicted molar refractivity (Wildman–Crippen MR) is 75.6 cm³/mol. The molecule has 2 heterocycles. The molecule has 2 N–H and O–H groups in total. The van der Waals surface area contributed by atoms with Gasteiger partial charge in [-0.05, 0) is 23.3 Å². The van der Waals surface area contributed by atoms with E-state index in [4.69, 9.17) is 0 Å². The molecule has 0 saturated carbocycles. The molecule has 98 valence electrons. The molecule has 4 rings (SSSR count). The third-order valence-electron chi connectivity index (χ3n) is 4.01. The first-order valence-electron chi connectivity index (χ1n) is 6.55. The second-order valence-corrected chi connectivity index (χ2v) is 5.11. The van der Waals surface area contributed by atoms with E-state index in [9.17, 15) is 9.59 Å². The summed E-state index contributed by atoms with van der Waals surface area (Å²) in [6.07, 6.45) is 0. The molecular weight excluding hydrogens is 252 g/mol. The lowest BCUT2D eigenvalue weighted by Gasteiger charge is -2.36. The number of benzene rings is 2. The van der Waals surface area contributed by atoms with Gasteiger partial charge in [-0.2, -0.15) is 0 Å². The van der Waals surface area contributed by atoms with E-state index in [1.165, 1.54) is 0 Å². The summed E-state index contributed by atoms with van der Waals surface area (Å²) in [6.45, 7) is 0. The maximum atomic E-state index is 12.4. The molecule has 0 saturated heterocycles. The standard InChI is InChI=1S/C16H12N2O2/c19-15-13-9-5-1-3-7-11(9)17-16(20)14(13)10-6-2-4-8-12(10)18-15/h1-8,13-14H,(H,17,20)(H,18,19). The Morgan fingerprint density at radius 1 is 0.650 bits per heavy atom. The summed E-state index contributed by atoms with van der Waals surface area (Å²) < 4.78 is 0. The van der Waals surface area contributed by atoms with Gasteiger partial charge in [-0.3, -0.25) is 9.59 Å². The number of amides is 2. The van der Waals surface area contributed by atoms with Gasteiger partial charge < -0.3 is 10.6 Å². The summed E-state index contributed by atoms with van der Waals surface area (Å²) in [7, 11) is 0. The van der Waals surface area contributed by atoms with Crippen LogP contribution in [0.5, 0.6) is 0 Å². The minimum Gasteiger partial charge on any atom is -0.325 e. The van der Waals surface area contributed by atoms with Crippen LogP contribution in [0.25, 0.3) is 0 Å². The number of fused-ring (bicyclic) bond motifs is 5. The third-order valence-corrected chi connectivity index (χ3v) is 4.01.